The summed E-state index contributed by atoms with van der Waals surface area (Å²) in [4.78, 5) is 40.4. The smallest absolute Gasteiger partial charge is 0.304 e. The highest BCUT2D eigenvalue weighted by Gasteiger charge is 2.50. The molecule has 61 heavy (non-hydrogen) atoms. The van der Waals surface area contributed by atoms with Gasteiger partial charge in [-0.25, -0.2) is 17.5 Å². The Balaban J connectivity index is 1.36. The summed E-state index contributed by atoms with van der Waals surface area (Å²) in [7, 11) is -3.30. The van der Waals surface area contributed by atoms with Crippen LogP contribution in [0.4, 0.5) is 10.1 Å². The quantitative estimate of drug-likeness (QED) is 0.0536. The van der Waals surface area contributed by atoms with Crippen molar-refractivity contribution in [2.45, 2.75) is 83.5 Å². The molecule has 2 aliphatic heterocycles. The third kappa shape index (κ3) is 12.3. The molecule has 1 unspecified atom stereocenters. The fourth-order valence-electron chi connectivity index (χ4n) is 7.35. The van der Waals surface area contributed by atoms with Gasteiger partial charge >= 0.3 is 11.9 Å². The lowest BCUT2D eigenvalue weighted by molar-refractivity contribution is -0.291. The van der Waals surface area contributed by atoms with E-state index in [4.69, 9.17) is 23.7 Å². The van der Waals surface area contributed by atoms with E-state index in [1.165, 1.54) is 26.0 Å². The maximum Gasteiger partial charge on any atom is 0.304 e. The van der Waals surface area contributed by atoms with E-state index in [9.17, 15) is 27.2 Å². The number of hydrogen-bond acceptors (Lipinski definition) is 10. The average Bonchev–Trinajstić information content (AvgIpc) is 3.21. The normalized spacial score (nSPS) is 18.5. The van der Waals surface area contributed by atoms with Gasteiger partial charge in [-0.05, 0) is 98.5 Å². The number of carbonyl (C=O) groups excluding carboxylic acids is 3. The lowest BCUT2D eigenvalue weighted by atomic mass is 9.77. The van der Waals surface area contributed by atoms with E-state index < -0.39 is 57.2 Å². The molecule has 322 valence electrons. The Bertz CT molecular complexity index is 2350. The standard InChI is InChI=1S/C47H51FN2O10S/c1-32(51)59-42(37-16-18-38(48)19-17-37)24-23-41-44(50(45(41)53)39-20-13-34(14-21-39)12-9-27-49-61(5,54)55)40-22-15-35(28-43(40)56-29-36-10-7-6-8-11-36)25-26-47(60-33(2)52)30-57-46(3,4)58-31-47/h6-8,10-11,13-22,28,41-42,44,49H,9,12,23-24,27,29-31H2,1-5H3/t41-,42?,44-/m1/s1. The molecule has 14 heteroatoms. The summed E-state index contributed by atoms with van der Waals surface area (Å²) < 4.78 is 69.0. The summed E-state index contributed by atoms with van der Waals surface area (Å²) in [5, 5.41) is 0. The molecule has 3 atom stereocenters. The predicted molar refractivity (Wildman–Crippen MR) is 226 cm³/mol. The third-order valence-electron chi connectivity index (χ3n) is 10.4. The van der Waals surface area contributed by atoms with Gasteiger partial charge in [0.2, 0.25) is 21.5 Å². The highest BCUT2D eigenvalue weighted by molar-refractivity contribution is 7.88. The van der Waals surface area contributed by atoms with Gasteiger partial charge in [-0.2, -0.15) is 0 Å². The van der Waals surface area contributed by atoms with Crippen LogP contribution in [0.3, 0.4) is 0 Å². The minimum atomic E-state index is -3.30. The molecule has 1 N–H and O–H groups in total. The van der Waals surface area contributed by atoms with Crippen LogP contribution >= 0.6 is 0 Å². The molecule has 6 rings (SSSR count). The number of aryl methyl sites for hydroxylation is 1. The van der Waals surface area contributed by atoms with Crippen molar-refractivity contribution in [3.8, 4) is 17.6 Å². The lowest BCUT2D eigenvalue weighted by Gasteiger charge is -2.48. The highest BCUT2D eigenvalue weighted by Crippen LogP contribution is 2.49. The van der Waals surface area contributed by atoms with Crippen molar-refractivity contribution in [1.82, 2.24) is 4.72 Å². The van der Waals surface area contributed by atoms with E-state index in [0.717, 1.165) is 17.4 Å². The zero-order chi connectivity index (χ0) is 43.8. The number of β-lactam (4-membered cyclic amide) rings is 1. The predicted octanol–water partition coefficient (Wildman–Crippen LogP) is 7.11. The van der Waals surface area contributed by atoms with Crippen molar-refractivity contribution < 1.29 is 50.9 Å². The third-order valence-corrected chi connectivity index (χ3v) is 11.1. The number of sulfonamides is 1. The van der Waals surface area contributed by atoms with Gasteiger partial charge in [-0.15, -0.1) is 0 Å². The van der Waals surface area contributed by atoms with E-state index in [-0.39, 0.29) is 32.1 Å². The van der Waals surface area contributed by atoms with E-state index >= 15 is 0 Å². The van der Waals surface area contributed by atoms with Crippen molar-refractivity contribution in [3.63, 3.8) is 0 Å². The lowest BCUT2D eigenvalue weighted by Crippen LogP contribution is -2.55. The molecule has 4 aromatic carbocycles. The highest BCUT2D eigenvalue weighted by atomic mass is 32.2. The second kappa shape index (κ2) is 19.4. The van der Waals surface area contributed by atoms with Crippen LogP contribution in [0.25, 0.3) is 0 Å². The monoisotopic (exact) mass is 854 g/mol. The Morgan fingerprint density at radius 3 is 2.26 bits per heavy atom. The van der Waals surface area contributed by atoms with Gasteiger partial charge in [0.15, 0.2) is 5.79 Å². The Kier molecular flexibility index (Phi) is 14.3. The fourth-order valence-corrected chi connectivity index (χ4v) is 7.86. The molecule has 2 aliphatic rings. The Labute approximate surface area is 356 Å². The number of carbonyl (C=O) groups is 3. The van der Waals surface area contributed by atoms with E-state index in [1.807, 2.05) is 66.7 Å². The van der Waals surface area contributed by atoms with E-state index in [2.05, 4.69) is 16.6 Å². The first-order valence-corrected chi connectivity index (χ1v) is 22.0. The van der Waals surface area contributed by atoms with Gasteiger partial charge in [0.25, 0.3) is 0 Å². The van der Waals surface area contributed by atoms with Crippen LogP contribution in [0, 0.1) is 23.6 Å². The number of halogens is 1. The van der Waals surface area contributed by atoms with Gasteiger partial charge < -0.3 is 28.6 Å². The molecule has 0 aliphatic carbocycles. The topological polar surface area (TPSA) is 147 Å². The molecule has 4 aromatic rings. The number of nitrogens with one attached hydrogen (secondary N) is 1. The minimum Gasteiger partial charge on any atom is -0.488 e. The second-order valence-electron chi connectivity index (χ2n) is 15.8. The molecule has 0 aromatic heterocycles. The fraction of sp³-hybridized carbons (Fsp3) is 0.383. The van der Waals surface area contributed by atoms with E-state index in [0.29, 0.717) is 53.9 Å². The van der Waals surface area contributed by atoms with Crippen LogP contribution in [0.2, 0.25) is 0 Å². The van der Waals surface area contributed by atoms with Crippen LogP contribution in [-0.4, -0.2) is 63.7 Å². The summed E-state index contributed by atoms with van der Waals surface area (Å²) in [5.74, 6) is 3.68. The van der Waals surface area contributed by atoms with Crippen LogP contribution in [-0.2, 0) is 56.4 Å². The molecule has 2 fully saturated rings. The van der Waals surface area contributed by atoms with Crippen LogP contribution in [0.5, 0.6) is 5.75 Å². The molecule has 0 radical (unpaired) electrons. The largest absolute Gasteiger partial charge is 0.488 e. The minimum absolute atomic E-state index is 0.00540. The Morgan fingerprint density at radius 2 is 1.62 bits per heavy atom. The number of esters is 2. The van der Waals surface area contributed by atoms with Gasteiger partial charge in [-0.3, -0.25) is 14.4 Å². The molecule has 0 saturated carbocycles. The number of ether oxygens (including phenoxy) is 5. The first-order valence-electron chi connectivity index (χ1n) is 20.1. The zero-order valence-electron chi connectivity index (χ0n) is 34.9. The molecular weight excluding hydrogens is 804 g/mol. The number of rotatable bonds is 16. The Morgan fingerprint density at radius 1 is 0.934 bits per heavy atom. The maximum absolute atomic E-state index is 14.3. The number of hydrogen-bond donors (Lipinski definition) is 1. The summed E-state index contributed by atoms with van der Waals surface area (Å²) in [6.45, 7) is 6.68. The maximum atomic E-state index is 14.3. The summed E-state index contributed by atoms with van der Waals surface area (Å²) in [6.07, 6.45) is 2.23. The van der Waals surface area contributed by atoms with Gasteiger partial charge in [0.05, 0.1) is 18.2 Å². The zero-order valence-corrected chi connectivity index (χ0v) is 35.8. The van der Waals surface area contributed by atoms with Gasteiger partial charge in [0, 0.05) is 37.2 Å². The Hall–Kier alpha value is -5.59. The molecule has 0 spiro atoms. The second-order valence-corrected chi connectivity index (χ2v) is 17.6. The average molecular weight is 855 g/mol. The number of benzene rings is 4. The molecule has 0 bridgehead atoms. The van der Waals surface area contributed by atoms with Gasteiger partial charge in [-0.1, -0.05) is 66.6 Å². The summed E-state index contributed by atoms with van der Waals surface area (Å²) in [5.41, 5.74) is 3.08. The molecule has 2 heterocycles. The van der Waals surface area contributed by atoms with Crippen molar-refractivity contribution >= 4 is 33.6 Å². The van der Waals surface area contributed by atoms with Crippen molar-refractivity contribution in [2.75, 3.05) is 30.9 Å². The van der Waals surface area contributed by atoms with E-state index in [1.54, 1.807) is 36.9 Å². The first-order chi connectivity index (χ1) is 29.0. The molecule has 1 amide bonds. The van der Waals surface area contributed by atoms with Gasteiger partial charge in [0.1, 0.15) is 37.5 Å². The molecular formula is C47H51FN2O10S. The first kappa shape index (κ1) is 44.9. The number of nitrogens with zero attached hydrogens (tertiary/aromatic N) is 1. The van der Waals surface area contributed by atoms with Crippen molar-refractivity contribution in [2.24, 2.45) is 5.92 Å². The van der Waals surface area contributed by atoms with Crippen LogP contribution < -0.4 is 14.4 Å². The van der Waals surface area contributed by atoms with Crippen LogP contribution in [0.1, 0.15) is 86.9 Å². The van der Waals surface area contributed by atoms with Crippen LogP contribution in [0.15, 0.2) is 97.1 Å². The SMILES string of the molecule is CC(=O)OC(CC[C@H]1C(=O)N(c2ccc(CCCNS(C)(=O)=O)cc2)[C@@H]1c1ccc(C#CC2(OC(C)=O)COC(C)(C)OC2)cc1OCc1ccccc1)c1ccc(F)cc1. The molecule has 12 nitrogen and oxygen atoms in total. The molecule has 2 saturated heterocycles. The van der Waals surface area contributed by atoms with Crippen molar-refractivity contribution in [3.05, 3.63) is 131 Å². The number of amides is 1. The summed E-state index contributed by atoms with van der Waals surface area (Å²) >= 11 is 0. The number of anilines is 1. The van der Waals surface area contributed by atoms with Crippen molar-refractivity contribution in [1.29, 1.82) is 0 Å². The summed E-state index contributed by atoms with van der Waals surface area (Å²) in [6, 6.07) is 28.0.